The predicted molar refractivity (Wildman–Crippen MR) is 80.9 cm³/mol. The lowest BCUT2D eigenvalue weighted by atomic mass is 9.94. The lowest BCUT2D eigenvalue weighted by Crippen LogP contribution is -2.32. The maximum Gasteiger partial charge on any atom is 0.212 e. The van der Waals surface area contributed by atoms with Crippen molar-refractivity contribution >= 4 is 21.6 Å². The van der Waals surface area contributed by atoms with Gasteiger partial charge in [-0.3, -0.25) is 0 Å². The van der Waals surface area contributed by atoms with E-state index in [0.29, 0.717) is 6.42 Å². The summed E-state index contributed by atoms with van der Waals surface area (Å²) in [6, 6.07) is 9.02. The maximum absolute atomic E-state index is 12.1. The van der Waals surface area contributed by atoms with Gasteiger partial charge in [-0.05, 0) is 17.4 Å². The molecule has 0 radical (unpaired) electrons. The molecule has 1 unspecified atom stereocenters. The number of hydrogen-bond donors (Lipinski definition) is 1. The minimum absolute atomic E-state index is 0.00203. The van der Waals surface area contributed by atoms with Crippen molar-refractivity contribution in [1.82, 2.24) is 4.72 Å². The van der Waals surface area contributed by atoms with Crippen molar-refractivity contribution in [3.63, 3.8) is 0 Å². The SMILES string of the molecule is CC(C)(C)CCS(=O)(=O)NC(CCl)c1ccccc1. The summed E-state index contributed by atoms with van der Waals surface area (Å²) in [6.07, 6.45) is 0.617. The van der Waals surface area contributed by atoms with Crippen LogP contribution in [0.25, 0.3) is 0 Å². The molecule has 1 N–H and O–H groups in total. The van der Waals surface area contributed by atoms with E-state index in [2.05, 4.69) is 4.72 Å². The fourth-order valence-electron chi connectivity index (χ4n) is 1.59. The van der Waals surface area contributed by atoms with Crippen LogP contribution in [0, 0.1) is 5.41 Å². The van der Waals surface area contributed by atoms with Crippen molar-refractivity contribution in [3.8, 4) is 0 Å². The van der Waals surface area contributed by atoms with Crippen molar-refractivity contribution in [2.75, 3.05) is 11.6 Å². The molecule has 1 aromatic rings. The first-order chi connectivity index (χ1) is 8.73. The Morgan fingerprint density at radius 2 is 1.79 bits per heavy atom. The van der Waals surface area contributed by atoms with Crippen LogP contribution in [0.1, 0.15) is 38.8 Å². The number of sulfonamides is 1. The second-order valence-corrected chi connectivity index (χ2v) is 8.05. The highest BCUT2D eigenvalue weighted by atomic mass is 35.5. The van der Waals surface area contributed by atoms with Gasteiger partial charge in [0.2, 0.25) is 10.0 Å². The highest BCUT2D eigenvalue weighted by molar-refractivity contribution is 7.89. The Kier molecular flexibility index (Phi) is 5.83. The minimum atomic E-state index is -3.31. The highest BCUT2D eigenvalue weighted by Crippen LogP contribution is 2.20. The van der Waals surface area contributed by atoms with E-state index in [4.69, 9.17) is 11.6 Å². The highest BCUT2D eigenvalue weighted by Gasteiger charge is 2.21. The van der Waals surface area contributed by atoms with Crippen LogP contribution >= 0.6 is 11.6 Å². The van der Waals surface area contributed by atoms with Crippen LogP contribution in [0.15, 0.2) is 30.3 Å². The molecule has 0 fully saturated rings. The zero-order valence-electron chi connectivity index (χ0n) is 11.7. The van der Waals surface area contributed by atoms with Crippen LogP contribution in [0.2, 0.25) is 0 Å². The average molecular weight is 304 g/mol. The van der Waals surface area contributed by atoms with Gasteiger partial charge in [0.05, 0.1) is 11.8 Å². The Morgan fingerprint density at radius 3 is 2.26 bits per heavy atom. The summed E-state index contributed by atoms with van der Waals surface area (Å²) in [5.41, 5.74) is 0.884. The molecule has 108 valence electrons. The van der Waals surface area contributed by atoms with Gasteiger partial charge in [-0.1, -0.05) is 51.1 Å². The van der Waals surface area contributed by atoms with Crippen molar-refractivity contribution in [2.24, 2.45) is 5.41 Å². The Bertz CT molecular complexity index is 480. The van der Waals surface area contributed by atoms with Gasteiger partial charge in [0.15, 0.2) is 0 Å². The zero-order valence-corrected chi connectivity index (χ0v) is 13.3. The van der Waals surface area contributed by atoms with Gasteiger partial charge in [0, 0.05) is 5.88 Å². The molecule has 1 aromatic carbocycles. The predicted octanol–water partition coefficient (Wildman–Crippen LogP) is 3.32. The first-order valence-electron chi connectivity index (χ1n) is 6.34. The molecule has 0 amide bonds. The van der Waals surface area contributed by atoms with E-state index in [1.54, 1.807) is 0 Å². The molecule has 1 rings (SSSR count). The van der Waals surface area contributed by atoms with Gasteiger partial charge in [-0.15, -0.1) is 11.6 Å². The van der Waals surface area contributed by atoms with Gasteiger partial charge < -0.3 is 0 Å². The maximum atomic E-state index is 12.1. The lowest BCUT2D eigenvalue weighted by Gasteiger charge is -2.20. The molecule has 3 nitrogen and oxygen atoms in total. The van der Waals surface area contributed by atoms with E-state index in [-0.39, 0.29) is 23.1 Å². The van der Waals surface area contributed by atoms with Crippen LogP contribution in [-0.2, 0) is 10.0 Å². The van der Waals surface area contributed by atoms with Crippen molar-refractivity contribution in [2.45, 2.75) is 33.2 Å². The summed E-state index contributed by atoms with van der Waals surface area (Å²) in [5.74, 6) is 0.343. The molecule has 0 aliphatic heterocycles. The first kappa shape index (κ1) is 16.5. The quantitative estimate of drug-likeness (QED) is 0.819. The van der Waals surface area contributed by atoms with Crippen molar-refractivity contribution < 1.29 is 8.42 Å². The summed E-state index contributed by atoms with van der Waals surface area (Å²) < 4.78 is 26.8. The van der Waals surface area contributed by atoms with Crippen LogP contribution in [-0.4, -0.2) is 20.1 Å². The van der Waals surface area contributed by atoms with Gasteiger partial charge in [0.25, 0.3) is 0 Å². The fourth-order valence-corrected chi connectivity index (χ4v) is 3.59. The second-order valence-electron chi connectivity index (χ2n) is 5.86. The third kappa shape index (κ3) is 6.41. The second kappa shape index (κ2) is 6.73. The van der Waals surface area contributed by atoms with Crippen LogP contribution in [0.4, 0.5) is 0 Å². The zero-order chi connectivity index (χ0) is 14.5. The van der Waals surface area contributed by atoms with E-state index in [1.807, 2.05) is 51.1 Å². The number of halogens is 1. The molecule has 0 heterocycles. The van der Waals surface area contributed by atoms with Crippen molar-refractivity contribution in [1.29, 1.82) is 0 Å². The number of benzene rings is 1. The minimum Gasteiger partial charge on any atom is -0.212 e. The summed E-state index contributed by atoms with van der Waals surface area (Å²) in [7, 11) is -3.31. The Morgan fingerprint density at radius 1 is 1.21 bits per heavy atom. The third-order valence-corrected chi connectivity index (χ3v) is 4.49. The van der Waals surface area contributed by atoms with Crippen LogP contribution in [0.5, 0.6) is 0 Å². The van der Waals surface area contributed by atoms with Gasteiger partial charge in [-0.2, -0.15) is 0 Å². The average Bonchev–Trinajstić information content (AvgIpc) is 2.34. The topological polar surface area (TPSA) is 46.2 Å². The monoisotopic (exact) mass is 303 g/mol. The standard InChI is InChI=1S/C14H22ClNO2S/c1-14(2,3)9-10-19(17,18)16-13(11-15)12-7-5-4-6-8-12/h4-8,13,16H,9-11H2,1-3H3. The molecule has 5 heteroatoms. The van der Waals surface area contributed by atoms with E-state index >= 15 is 0 Å². The number of nitrogens with one attached hydrogen (secondary N) is 1. The van der Waals surface area contributed by atoms with Gasteiger partial charge in [-0.25, -0.2) is 13.1 Å². The molecule has 0 saturated heterocycles. The molecule has 0 aromatic heterocycles. The van der Waals surface area contributed by atoms with Crippen LogP contribution in [0.3, 0.4) is 0 Å². The largest absolute Gasteiger partial charge is 0.212 e. The summed E-state index contributed by atoms with van der Waals surface area (Å²) in [4.78, 5) is 0. The van der Waals surface area contributed by atoms with E-state index in [1.165, 1.54) is 0 Å². The van der Waals surface area contributed by atoms with E-state index in [0.717, 1.165) is 5.56 Å². The summed E-state index contributed by atoms with van der Waals surface area (Å²) in [6.45, 7) is 6.08. The lowest BCUT2D eigenvalue weighted by molar-refractivity contribution is 0.396. The molecular formula is C14H22ClNO2S. The molecule has 0 spiro atoms. The Labute approximate surface area is 121 Å². The van der Waals surface area contributed by atoms with Crippen LogP contribution < -0.4 is 4.72 Å². The Hall–Kier alpha value is -0.580. The number of hydrogen-bond acceptors (Lipinski definition) is 2. The van der Waals surface area contributed by atoms with Gasteiger partial charge in [0.1, 0.15) is 0 Å². The normalized spacial score (nSPS) is 14.3. The molecule has 0 saturated carbocycles. The van der Waals surface area contributed by atoms with E-state index < -0.39 is 10.0 Å². The molecule has 1 atom stereocenters. The fraction of sp³-hybridized carbons (Fsp3) is 0.571. The third-order valence-electron chi connectivity index (χ3n) is 2.80. The summed E-state index contributed by atoms with van der Waals surface area (Å²) in [5, 5.41) is 0. The molecule has 0 aliphatic rings. The molecular weight excluding hydrogens is 282 g/mol. The Balaban J connectivity index is 2.70. The molecule has 0 aliphatic carbocycles. The summed E-state index contributed by atoms with van der Waals surface area (Å²) >= 11 is 5.87. The number of rotatable bonds is 6. The smallest absolute Gasteiger partial charge is 0.212 e. The molecule has 0 bridgehead atoms. The van der Waals surface area contributed by atoms with Crippen molar-refractivity contribution in [3.05, 3.63) is 35.9 Å². The molecule has 19 heavy (non-hydrogen) atoms. The number of alkyl halides is 1. The van der Waals surface area contributed by atoms with E-state index in [9.17, 15) is 8.42 Å². The first-order valence-corrected chi connectivity index (χ1v) is 8.53. The van der Waals surface area contributed by atoms with Gasteiger partial charge >= 0.3 is 0 Å².